The Balaban J connectivity index is 1.20. The first-order valence-corrected chi connectivity index (χ1v) is 13.6. The highest BCUT2D eigenvalue weighted by Gasteiger charge is 2.15. The molecule has 0 spiro atoms. The van der Waals surface area contributed by atoms with E-state index in [2.05, 4.69) is 37.2 Å². The van der Waals surface area contributed by atoms with E-state index < -0.39 is 23.0 Å². The topological polar surface area (TPSA) is 96.2 Å². The van der Waals surface area contributed by atoms with E-state index in [1.807, 2.05) is 12.1 Å². The Bertz CT molecular complexity index is 1600. The van der Waals surface area contributed by atoms with Crippen molar-refractivity contribution < 1.29 is 18.0 Å². The zero-order valence-electron chi connectivity index (χ0n) is 23.1. The van der Waals surface area contributed by atoms with E-state index in [9.17, 15) is 22.8 Å². The van der Waals surface area contributed by atoms with E-state index >= 15 is 0 Å². The van der Waals surface area contributed by atoms with Gasteiger partial charge in [0, 0.05) is 80.8 Å². The van der Waals surface area contributed by atoms with Crippen LogP contribution in [0.1, 0.15) is 17.5 Å². The summed E-state index contributed by atoms with van der Waals surface area (Å²) in [6.45, 7) is 5.11. The summed E-state index contributed by atoms with van der Waals surface area (Å²) in [5.41, 5.74) is 1.91. The monoisotopic (exact) mass is 577 g/mol. The molecule has 0 bridgehead atoms. The molecular weight excluding hydrogens is 547 g/mol. The van der Waals surface area contributed by atoms with Crippen molar-refractivity contribution in [2.75, 3.05) is 39.8 Å². The van der Waals surface area contributed by atoms with Crippen LogP contribution < -0.4 is 10.9 Å². The van der Waals surface area contributed by atoms with Crippen molar-refractivity contribution in [1.82, 2.24) is 34.9 Å². The maximum atomic E-state index is 13.7. The molecule has 0 atom stereocenters. The number of likely N-dealkylation sites (N-methyl/N-ethyl adjacent to an activating group) is 1. The fourth-order valence-corrected chi connectivity index (χ4v) is 4.62. The second-order valence-electron chi connectivity index (χ2n) is 10.3. The molecule has 12 heteroatoms. The Hall–Kier alpha value is -4.42. The molecule has 2 aromatic carbocycles. The van der Waals surface area contributed by atoms with Crippen LogP contribution in [0.15, 0.2) is 65.7 Å². The minimum Gasteiger partial charge on any atom is -0.352 e. The van der Waals surface area contributed by atoms with E-state index in [4.69, 9.17) is 0 Å². The number of nitrogens with zero attached hydrogens (tertiary/aromatic N) is 6. The van der Waals surface area contributed by atoms with Gasteiger partial charge in [0.05, 0.1) is 12.2 Å². The Morgan fingerprint density at radius 2 is 1.62 bits per heavy atom. The molecule has 42 heavy (non-hydrogen) atoms. The number of nitrogens with one attached hydrogen (secondary N) is 1. The van der Waals surface area contributed by atoms with Crippen LogP contribution >= 0.6 is 0 Å². The highest BCUT2D eigenvalue weighted by molar-refractivity contribution is 5.76. The predicted molar refractivity (Wildman–Crippen MR) is 151 cm³/mol. The molecule has 5 rings (SSSR count). The van der Waals surface area contributed by atoms with E-state index in [1.165, 1.54) is 12.1 Å². The van der Waals surface area contributed by atoms with Gasteiger partial charge in [-0.05, 0) is 36.9 Å². The van der Waals surface area contributed by atoms with Crippen LogP contribution in [0.4, 0.5) is 13.2 Å². The third-order valence-electron chi connectivity index (χ3n) is 7.11. The summed E-state index contributed by atoms with van der Waals surface area (Å²) in [7, 11) is 2.10. The summed E-state index contributed by atoms with van der Waals surface area (Å²) in [4.78, 5) is 38.2. The molecule has 3 heterocycles. The van der Waals surface area contributed by atoms with Gasteiger partial charge in [0.2, 0.25) is 5.91 Å². The summed E-state index contributed by atoms with van der Waals surface area (Å²) >= 11 is 0. The molecule has 1 aliphatic heterocycles. The molecule has 218 valence electrons. The van der Waals surface area contributed by atoms with Crippen LogP contribution in [-0.2, 0) is 17.9 Å². The van der Waals surface area contributed by atoms with Gasteiger partial charge >= 0.3 is 0 Å². The van der Waals surface area contributed by atoms with Gasteiger partial charge in [-0.2, -0.15) is 5.10 Å². The Kier molecular flexibility index (Phi) is 9.03. The lowest BCUT2D eigenvalue weighted by Crippen LogP contribution is -2.45. The molecule has 9 nitrogen and oxygen atoms in total. The molecule has 1 saturated heterocycles. The lowest BCUT2D eigenvalue weighted by molar-refractivity contribution is -0.121. The summed E-state index contributed by atoms with van der Waals surface area (Å²) < 4.78 is 42.0. The van der Waals surface area contributed by atoms with Gasteiger partial charge in [-0.15, -0.1) is 0 Å². The molecule has 1 N–H and O–H groups in total. The molecule has 0 saturated carbocycles. The number of aromatic nitrogens is 4. The van der Waals surface area contributed by atoms with Crippen molar-refractivity contribution in [3.63, 3.8) is 0 Å². The highest BCUT2D eigenvalue weighted by Crippen LogP contribution is 2.22. The molecule has 1 amide bonds. The number of hydrogen-bond acceptors (Lipinski definition) is 7. The number of carbonyl (C=O) groups excluding carboxylic acids is 1. The van der Waals surface area contributed by atoms with Crippen LogP contribution in [0.5, 0.6) is 0 Å². The van der Waals surface area contributed by atoms with E-state index in [0.717, 1.165) is 60.7 Å². The Labute approximate surface area is 240 Å². The number of halogens is 3. The van der Waals surface area contributed by atoms with Crippen molar-refractivity contribution in [2.45, 2.75) is 19.5 Å². The number of amides is 1. The third-order valence-corrected chi connectivity index (χ3v) is 7.11. The standard InChI is InChI=1S/C30H30F3N7O2/c1-38-9-11-39(12-10-38)8-7-27(41)34-16-21-17-35-30(36-18-21)22-4-2-3-20(13-22)19-40-28(42)6-5-26(37-40)23-14-24(31)29(33)25(32)15-23/h2-6,13-15,17-18H,7-12,16,19H2,1H3,(H,34,41). The lowest BCUT2D eigenvalue weighted by Gasteiger charge is -2.32. The van der Waals surface area contributed by atoms with Crippen LogP contribution in [0.2, 0.25) is 0 Å². The van der Waals surface area contributed by atoms with Crippen LogP contribution in [0.3, 0.4) is 0 Å². The molecule has 4 aromatic rings. The van der Waals surface area contributed by atoms with Crippen LogP contribution in [-0.4, -0.2) is 75.2 Å². The van der Waals surface area contributed by atoms with Crippen LogP contribution in [0, 0.1) is 17.5 Å². The summed E-state index contributed by atoms with van der Waals surface area (Å²) in [5.74, 6) is -3.80. The first-order chi connectivity index (χ1) is 20.2. The highest BCUT2D eigenvalue weighted by atomic mass is 19.2. The SMILES string of the molecule is CN1CCN(CCC(=O)NCc2cnc(-c3cccc(Cn4nc(-c5cc(F)c(F)c(F)c5)ccc4=O)c3)nc2)CC1. The Morgan fingerprint density at radius 1 is 0.905 bits per heavy atom. The van der Waals surface area contributed by atoms with Crippen molar-refractivity contribution in [1.29, 1.82) is 0 Å². The van der Waals surface area contributed by atoms with Crippen molar-refractivity contribution >= 4 is 5.91 Å². The van der Waals surface area contributed by atoms with E-state index in [0.29, 0.717) is 24.4 Å². The number of benzene rings is 2. The third kappa shape index (κ3) is 7.25. The molecule has 2 aromatic heterocycles. The maximum absolute atomic E-state index is 13.7. The molecule has 0 radical (unpaired) electrons. The van der Waals surface area contributed by atoms with E-state index in [1.54, 1.807) is 24.5 Å². The number of piperazine rings is 1. The van der Waals surface area contributed by atoms with Gasteiger partial charge in [0.1, 0.15) is 0 Å². The fourth-order valence-electron chi connectivity index (χ4n) is 4.62. The zero-order chi connectivity index (χ0) is 29.6. The van der Waals surface area contributed by atoms with Crippen molar-refractivity contribution in [2.24, 2.45) is 0 Å². The minimum absolute atomic E-state index is 0.00797. The zero-order valence-corrected chi connectivity index (χ0v) is 23.1. The number of carbonyl (C=O) groups is 1. The molecular formula is C30H30F3N7O2. The largest absolute Gasteiger partial charge is 0.352 e. The quantitative estimate of drug-likeness (QED) is 0.306. The predicted octanol–water partition coefficient (Wildman–Crippen LogP) is 3.09. The molecule has 1 fully saturated rings. The maximum Gasteiger partial charge on any atom is 0.267 e. The lowest BCUT2D eigenvalue weighted by atomic mass is 10.1. The van der Waals surface area contributed by atoms with E-state index in [-0.39, 0.29) is 23.7 Å². The average molecular weight is 578 g/mol. The first kappa shape index (κ1) is 29.1. The molecule has 0 aliphatic carbocycles. The second-order valence-corrected chi connectivity index (χ2v) is 10.3. The van der Waals surface area contributed by atoms with Gasteiger partial charge in [-0.1, -0.05) is 18.2 Å². The van der Waals surface area contributed by atoms with Gasteiger partial charge in [0.25, 0.3) is 5.56 Å². The summed E-state index contributed by atoms with van der Waals surface area (Å²) in [6, 6.07) is 11.5. The normalized spacial score (nSPS) is 14.2. The summed E-state index contributed by atoms with van der Waals surface area (Å²) in [5, 5.41) is 7.14. The van der Waals surface area contributed by atoms with Crippen molar-refractivity contribution in [3.8, 4) is 22.6 Å². The van der Waals surface area contributed by atoms with Gasteiger partial charge in [-0.3, -0.25) is 9.59 Å². The van der Waals surface area contributed by atoms with Crippen LogP contribution in [0.25, 0.3) is 22.6 Å². The Morgan fingerprint density at radius 3 is 2.33 bits per heavy atom. The van der Waals surface area contributed by atoms with Crippen molar-refractivity contribution in [3.05, 3.63) is 99.9 Å². The van der Waals surface area contributed by atoms with Gasteiger partial charge in [0.15, 0.2) is 23.3 Å². The average Bonchev–Trinajstić information content (AvgIpc) is 3.00. The van der Waals surface area contributed by atoms with Gasteiger partial charge in [-0.25, -0.2) is 27.8 Å². The van der Waals surface area contributed by atoms with Gasteiger partial charge < -0.3 is 15.1 Å². The second kappa shape index (κ2) is 13.0. The minimum atomic E-state index is -1.57. The molecule has 0 unspecified atom stereocenters. The number of hydrogen-bond donors (Lipinski definition) is 1. The first-order valence-electron chi connectivity index (χ1n) is 13.6. The fraction of sp³-hybridized carbons (Fsp3) is 0.300. The molecule has 1 aliphatic rings. The number of rotatable bonds is 9. The smallest absolute Gasteiger partial charge is 0.267 e. The summed E-state index contributed by atoms with van der Waals surface area (Å²) in [6.07, 6.45) is 3.76.